The molecule has 0 unspecified atom stereocenters. The number of hydrogen-bond acceptors (Lipinski definition) is 4. The average molecular weight is 351 g/mol. The van der Waals surface area contributed by atoms with Gasteiger partial charge in [-0.1, -0.05) is 36.4 Å². The highest BCUT2D eigenvalue weighted by atomic mass is 16.3. The van der Waals surface area contributed by atoms with Crippen molar-refractivity contribution < 1.29 is 5.11 Å². The first kappa shape index (κ1) is 17.7. The van der Waals surface area contributed by atoms with Crippen molar-refractivity contribution in [1.82, 2.24) is 14.8 Å². The molecule has 0 aliphatic carbocycles. The molecule has 0 amide bonds. The minimum absolute atomic E-state index is 0.0492. The van der Waals surface area contributed by atoms with Gasteiger partial charge in [-0.15, -0.1) is 0 Å². The summed E-state index contributed by atoms with van der Waals surface area (Å²) in [5.74, 6) is 0. The molecule has 2 saturated heterocycles. The van der Waals surface area contributed by atoms with Gasteiger partial charge in [0.05, 0.1) is 11.8 Å². The van der Waals surface area contributed by atoms with Gasteiger partial charge in [-0.05, 0) is 50.4 Å². The van der Waals surface area contributed by atoms with E-state index in [1.807, 2.05) is 13.0 Å². The predicted molar refractivity (Wildman–Crippen MR) is 104 cm³/mol. The summed E-state index contributed by atoms with van der Waals surface area (Å²) in [7, 11) is 0. The summed E-state index contributed by atoms with van der Waals surface area (Å²) >= 11 is 0. The zero-order valence-corrected chi connectivity index (χ0v) is 15.6. The smallest absolute Gasteiger partial charge is 0.0851 e. The third-order valence-corrected chi connectivity index (χ3v) is 6.13. The highest BCUT2D eigenvalue weighted by Gasteiger charge is 2.48. The largest absolute Gasteiger partial charge is 0.390 e. The van der Waals surface area contributed by atoms with Gasteiger partial charge >= 0.3 is 0 Å². The standard InChI is InChI=1S/C22H29N3O/c1-18-7-5-10-20(23-18)16-24-14-12-22(21(26)17-24)11-6-13-25(22)15-19-8-3-2-4-9-19/h2-5,7-10,21,26H,6,11-17H2,1H3/t21-,22-/m0/s1. The molecule has 1 aromatic heterocycles. The Labute approximate surface area is 156 Å². The van der Waals surface area contributed by atoms with Crippen LogP contribution in [-0.2, 0) is 13.1 Å². The number of likely N-dealkylation sites (tertiary alicyclic amines) is 2. The van der Waals surface area contributed by atoms with E-state index in [0.29, 0.717) is 0 Å². The highest BCUT2D eigenvalue weighted by molar-refractivity contribution is 5.17. The summed E-state index contributed by atoms with van der Waals surface area (Å²) in [6, 6.07) is 16.8. The lowest BCUT2D eigenvalue weighted by atomic mass is 9.82. The van der Waals surface area contributed by atoms with Gasteiger partial charge in [0.15, 0.2) is 0 Å². The van der Waals surface area contributed by atoms with Gasteiger partial charge in [0.2, 0.25) is 0 Å². The van der Waals surface area contributed by atoms with Crippen LogP contribution in [0.25, 0.3) is 0 Å². The topological polar surface area (TPSA) is 39.6 Å². The second-order valence-electron chi connectivity index (χ2n) is 7.89. The number of β-amino-alcohol motifs (C(OH)–C–C–N with tert-alkyl or cyclic N) is 1. The van der Waals surface area contributed by atoms with Crippen molar-refractivity contribution in [3.63, 3.8) is 0 Å². The molecular weight excluding hydrogens is 322 g/mol. The maximum absolute atomic E-state index is 11.1. The molecule has 4 heteroatoms. The van der Waals surface area contributed by atoms with Gasteiger partial charge in [0, 0.05) is 37.4 Å². The van der Waals surface area contributed by atoms with Crippen LogP contribution in [0.5, 0.6) is 0 Å². The minimum atomic E-state index is -0.299. The van der Waals surface area contributed by atoms with E-state index >= 15 is 0 Å². The highest BCUT2D eigenvalue weighted by Crippen LogP contribution is 2.39. The normalized spacial score (nSPS) is 27.2. The summed E-state index contributed by atoms with van der Waals surface area (Å²) in [6.45, 7) is 6.65. The number of aryl methyl sites for hydroxylation is 1. The fourth-order valence-electron chi connectivity index (χ4n) is 4.74. The number of aliphatic hydroxyl groups is 1. The van der Waals surface area contributed by atoms with Crippen molar-refractivity contribution >= 4 is 0 Å². The Bertz CT molecular complexity index is 735. The van der Waals surface area contributed by atoms with E-state index in [0.717, 1.165) is 57.0 Å². The zero-order chi connectivity index (χ0) is 18.0. The minimum Gasteiger partial charge on any atom is -0.390 e. The molecule has 0 saturated carbocycles. The number of hydrogen-bond donors (Lipinski definition) is 1. The Balaban J connectivity index is 1.43. The molecule has 26 heavy (non-hydrogen) atoms. The molecule has 2 aliphatic rings. The van der Waals surface area contributed by atoms with E-state index < -0.39 is 0 Å². The van der Waals surface area contributed by atoms with Gasteiger partial charge in [-0.3, -0.25) is 14.8 Å². The molecule has 2 fully saturated rings. The molecule has 4 nitrogen and oxygen atoms in total. The Hall–Kier alpha value is -1.75. The third kappa shape index (κ3) is 3.54. The Kier molecular flexibility index (Phi) is 5.07. The average Bonchev–Trinajstić information content (AvgIpc) is 3.03. The van der Waals surface area contributed by atoms with Gasteiger partial charge < -0.3 is 5.11 Å². The quantitative estimate of drug-likeness (QED) is 0.919. The lowest BCUT2D eigenvalue weighted by Gasteiger charge is -2.48. The van der Waals surface area contributed by atoms with Crippen molar-refractivity contribution in [3.8, 4) is 0 Å². The molecule has 1 spiro atoms. The molecule has 1 N–H and O–H groups in total. The summed E-state index contributed by atoms with van der Waals surface area (Å²) in [4.78, 5) is 9.51. The first-order valence-electron chi connectivity index (χ1n) is 9.78. The fourth-order valence-corrected chi connectivity index (χ4v) is 4.74. The van der Waals surface area contributed by atoms with Crippen molar-refractivity contribution in [2.24, 2.45) is 0 Å². The van der Waals surface area contributed by atoms with Gasteiger partial charge in [0.1, 0.15) is 0 Å². The van der Waals surface area contributed by atoms with Crippen LogP contribution in [0.4, 0.5) is 0 Å². The van der Waals surface area contributed by atoms with Crippen LogP contribution < -0.4 is 0 Å². The number of piperidine rings is 1. The number of benzene rings is 1. The zero-order valence-electron chi connectivity index (χ0n) is 15.6. The first-order chi connectivity index (χ1) is 12.7. The van der Waals surface area contributed by atoms with E-state index in [1.54, 1.807) is 0 Å². The SMILES string of the molecule is Cc1cccc(CN2CC[C@@]3(CCCN3Cc3ccccc3)[C@@H](O)C2)n1. The fraction of sp³-hybridized carbons (Fsp3) is 0.500. The maximum atomic E-state index is 11.1. The molecule has 0 bridgehead atoms. The maximum Gasteiger partial charge on any atom is 0.0851 e. The van der Waals surface area contributed by atoms with E-state index in [2.05, 4.69) is 57.2 Å². The lowest BCUT2D eigenvalue weighted by molar-refractivity contribution is -0.0685. The molecule has 2 atom stereocenters. The first-order valence-corrected chi connectivity index (χ1v) is 9.78. The molecule has 138 valence electrons. The third-order valence-electron chi connectivity index (χ3n) is 6.13. The van der Waals surface area contributed by atoms with Crippen LogP contribution in [0, 0.1) is 6.92 Å². The molecule has 1 aromatic carbocycles. The number of aromatic nitrogens is 1. The molecule has 4 rings (SSSR count). The van der Waals surface area contributed by atoms with Gasteiger partial charge in [0.25, 0.3) is 0 Å². The van der Waals surface area contributed by atoms with Crippen LogP contribution in [0.1, 0.15) is 36.2 Å². The molecule has 2 aromatic rings. The number of aliphatic hydroxyl groups excluding tert-OH is 1. The monoisotopic (exact) mass is 351 g/mol. The Morgan fingerprint density at radius 1 is 1.04 bits per heavy atom. The summed E-state index contributed by atoms with van der Waals surface area (Å²) < 4.78 is 0. The number of nitrogens with zero attached hydrogens (tertiary/aromatic N) is 3. The predicted octanol–water partition coefficient (Wildman–Crippen LogP) is 2.99. The van der Waals surface area contributed by atoms with Crippen LogP contribution in [0.2, 0.25) is 0 Å². The summed E-state index contributed by atoms with van der Waals surface area (Å²) in [5, 5.41) is 11.1. The van der Waals surface area contributed by atoms with Crippen molar-refractivity contribution in [2.75, 3.05) is 19.6 Å². The Morgan fingerprint density at radius 3 is 2.65 bits per heavy atom. The van der Waals surface area contributed by atoms with Crippen LogP contribution in [0.3, 0.4) is 0 Å². The second kappa shape index (κ2) is 7.47. The summed E-state index contributed by atoms with van der Waals surface area (Å²) in [5.41, 5.74) is 3.45. The van der Waals surface area contributed by atoms with Crippen molar-refractivity contribution in [1.29, 1.82) is 0 Å². The van der Waals surface area contributed by atoms with Crippen molar-refractivity contribution in [2.45, 2.75) is 50.9 Å². The van der Waals surface area contributed by atoms with E-state index in [1.165, 1.54) is 12.0 Å². The van der Waals surface area contributed by atoms with E-state index in [9.17, 15) is 5.11 Å². The van der Waals surface area contributed by atoms with Crippen LogP contribution >= 0.6 is 0 Å². The van der Waals surface area contributed by atoms with Gasteiger partial charge in [-0.2, -0.15) is 0 Å². The molecular formula is C22H29N3O. The number of rotatable bonds is 4. The van der Waals surface area contributed by atoms with E-state index in [4.69, 9.17) is 0 Å². The molecule has 0 radical (unpaired) electrons. The van der Waals surface area contributed by atoms with Crippen LogP contribution in [0.15, 0.2) is 48.5 Å². The van der Waals surface area contributed by atoms with Gasteiger partial charge in [-0.25, -0.2) is 0 Å². The molecule has 2 aliphatic heterocycles. The van der Waals surface area contributed by atoms with Crippen molar-refractivity contribution in [3.05, 3.63) is 65.5 Å². The lowest BCUT2D eigenvalue weighted by Crippen LogP contribution is -2.61. The summed E-state index contributed by atoms with van der Waals surface area (Å²) in [6.07, 6.45) is 3.03. The number of pyridine rings is 1. The second-order valence-corrected chi connectivity index (χ2v) is 7.89. The van der Waals surface area contributed by atoms with Crippen LogP contribution in [-0.4, -0.2) is 51.2 Å². The van der Waals surface area contributed by atoms with E-state index in [-0.39, 0.29) is 11.6 Å². The molecule has 3 heterocycles. The Morgan fingerprint density at radius 2 is 1.88 bits per heavy atom.